The lowest BCUT2D eigenvalue weighted by Gasteiger charge is -2.26. The monoisotopic (exact) mass is 250 g/mol. The average Bonchev–Trinajstić information content (AvgIpc) is 2.72. The molecule has 2 rings (SSSR count). The number of aromatic amines is 1. The molecule has 18 heavy (non-hydrogen) atoms. The van der Waals surface area contributed by atoms with Crippen LogP contribution >= 0.6 is 0 Å². The third-order valence-electron chi connectivity index (χ3n) is 2.75. The maximum atomic E-state index is 13.1. The molecule has 2 unspecified atom stereocenters. The molecule has 1 aromatic heterocycles. The van der Waals surface area contributed by atoms with Crippen LogP contribution < -0.4 is 11.2 Å². The van der Waals surface area contributed by atoms with Crippen LogP contribution in [0.25, 0.3) is 0 Å². The Hall–Kier alpha value is -1.34. The molecule has 0 aliphatic carbocycles. The molecule has 1 aliphatic heterocycles. The molecule has 0 amide bonds. The smallest absolute Gasteiger partial charge is 0.330 e. The van der Waals surface area contributed by atoms with Crippen LogP contribution in [-0.2, 0) is 4.74 Å². The topological polar surface area (TPSA) is 84.3 Å². The van der Waals surface area contributed by atoms with Crippen molar-refractivity contribution < 1.29 is 14.2 Å². The Balaban J connectivity index is 2.28. The summed E-state index contributed by atoms with van der Waals surface area (Å²) in [7, 11) is 10.5. The van der Waals surface area contributed by atoms with Crippen LogP contribution in [0.1, 0.15) is 19.1 Å². The van der Waals surface area contributed by atoms with Gasteiger partial charge in [0, 0.05) is 5.40 Å². The van der Waals surface area contributed by atoms with Crippen molar-refractivity contribution in [2.24, 2.45) is 0 Å². The normalized spacial score (nSPS) is 24.3. The highest BCUT2D eigenvalue weighted by molar-refractivity contribution is 6.39. The SMILES string of the molecule is [B]C([B])(O)C1CCC(n2cc(F)c(=O)[nH]c2=O)O1. The second-order valence-corrected chi connectivity index (χ2v) is 4.19. The van der Waals surface area contributed by atoms with E-state index in [0.29, 0.717) is 12.8 Å². The summed E-state index contributed by atoms with van der Waals surface area (Å²) in [5.74, 6) is -1.10. The van der Waals surface area contributed by atoms with E-state index in [1.54, 1.807) is 0 Å². The number of hydrogen-bond donors (Lipinski definition) is 2. The van der Waals surface area contributed by atoms with E-state index in [1.807, 2.05) is 4.98 Å². The molecule has 1 aliphatic rings. The fourth-order valence-corrected chi connectivity index (χ4v) is 1.84. The summed E-state index contributed by atoms with van der Waals surface area (Å²) >= 11 is 0. The van der Waals surface area contributed by atoms with Gasteiger partial charge in [-0.25, -0.2) is 4.79 Å². The van der Waals surface area contributed by atoms with Crippen molar-refractivity contribution in [1.29, 1.82) is 0 Å². The summed E-state index contributed by atoms with van der Waals surface area (Å²) in [6.45, 7) is 0. The van der Waals surface area contributed by atoms with Crippen molar-refractivity contribution in [3.63, 3.8) is 0 Å². The molecular weight excluding hydrogens is 241 g/mol. The van der Waals surface area contributed by atoms with Crippen LogP contribution in [0, 0.1) is 5.82 Å². The van der Waals surface area contributed by atoms with E-state index in [1.165, 1.54) is 0 Å². The van der Waals surface area contributed by atoms with Crippen LogP contribution in [0.3, 0.4) is 0 Å². The predicted molar refractivity (Wildman–Crippen MR) is 60.9 cm³/mol. The minimum absolute atomic E-state index is 0.307. The summed E-state index contributed by atoms with van der Waals surface area (Å²) in [5, 5.41) is 7.33. The Kier molecular flexibility index (Phi) is 3.20. The molecule has 2 atom stereocenters. The Morgan fingerprint density at radius 1 is 1.50 bits per heavy atom. The third-order valence-corrected chi connectivity index (χ3v) is 2.75. The summed E-state index contributed by atoms with van der Waals surface area (Å²) < 4.78 is 19.2. The van der Waals surface area contributed by atoms with E-state index in [4.69, 9.17) is 20.4 Å². The molecule has 0 spiro atoms. The molecule has 0 saturated carbocycles. The molecule has 4 radical (unpaired) electrons. The van der Waals surface area contributed by atoms with Gasteiger partial charge in [-0.05, 0) is 12.8 Å². The quantitative estimate of drug-likeness (QED) is 0.615. The minimum Gasteiger partial charge on any atom is -0.407 e. The van der Waals surface area contributed by atoms with Crippen LogP contribution in [0.2, 0.25) is 0 Å². The minimum atomic E-state index is -2.03. The Morgan fingerprint density at radius 2 is 2.17 bits per heavy atom. The van der Waals surface area contributed by atoms with E-state index in [0.717, 1.165) is 10.8 Å². The first kappa shape index (κ1) is 13.1. The molecule has 1 fully saturated rings. The van der Waals surface area contributed by atoms with Gasteiger partial charge in [-0.2, -0.15) is 4.39 Å². The van der Waals surface area contributed by atoms with Gasteiger partial charge in [0.25, 0.3) is 5.56 Å². The average molecular weight is 250 g/mol. The first-order valence-electron chi connectivity index (χ1n) is 5.25. The number of ether oxygens (including phenoxy) is 1. The van der Waals surface area contributed by atoms with E-state index in [9.17, 15) is 19.1 Å². The number of aromatic nitrogens is 2. The Morgan fingerprint density at radius 3 is 2.72 bits per heavy atom. The first-order valence-corrected chi connectivity index (χ1v) is 5.25. The summed E-state index contributed by atoms with van der Waals surface area (Å²) in [4.78, 5) is 24.1. The van der Waals surface area contributed by atoms with Crippen molar-refractivity contribution >= 4 is 15.7 Å². The van der Waals surface area contributed by atoms with Gasteiger partial charge >= 0.3 is 5.69 Å². The largest absolute Gasteiger partial charge is 0.407 e. The molecule has 0 bridgehead atoms. The molecular formula is C9H9B2FN2O4. The van der Waals surface area contributed by atoms with Crippen molar-refractivity contribution in [2.75, 3.05) is 0 Å². The fraction of sp³-hybridized carbons (Fsp3) is 0.556. The van der Waals surface area contributed by atoms with Crippen molar-refractivity contribution in [2.45, 2.75) is 30.6 Å². The van der Waals surface area contributed by atoms with Gasteiger partial charge in [0.15, 0.2) is 0 Å². The van der Waals surface area contributed by atoms with Gasteiger partial charge < -0.3 is 9.84 Å². The zero-order valence-corrected chi connectivity index (χ0v) is 9.30. The number of nitrogens with zero attached hydrogens (tertiary/aromatic N) is 1. The summed E-state index contributed by atoms with van der Waals surface area (Å²) in [5.41, 5.74) is -1.90. The summed E-state index contributed by atoms with van der Waals surface area (Å²) in [6, 6.07) is 0. The van der Waals surface area contributed by atoms with E-state index < -0.39 is 34.8 Å². The van der Waals surface area contributed by atoms with Gasteiger partial charge in [0.2, 0.25) is 5.82 Å². The molecule has 9 heteroatoms. The number of rotatable bonds is 2. The van der Waals surface area contributed by atoms with E-state index >= 15 is 0 Å². The first-order chi connectivity index (χ1) is 8.29. The molecule has 1 aromatic rings. The second-order valence-electron chi connectivity index (χ2n) is 4.19. The second kappa shape index (κ2) is 4.40. The maximum Gasteiger partial charge on any atom is 0.330 e. The number of hydrogen-bond acceptors (Lipinski definition) is 4. The Bertz CT molecular complexity index is 565. The van der Waals surface area contributed by atoms with Crippen LogP contribution in [-0.4, -0.2) is 41.9 Å². The highest BCUT2D eigenvalue weighted by atomic mass is 19.1. The standard InChI is InChI=1S/C9H9B2FN2O4/c10-9(11,17)5-1-2-6(18-5)14-3-4(12)7(15)13-8(14)16/h3,5-6,17H,1-2H2,(H,13,15,16). The van der Waals surface area contributed by atoms with Gasteiger partial charge in [-0.1, -0.05) is 0 Å². The van der Waals surface area contributed by atoms with Crippen LogP contribution in [0.15, 0.2) is 15.8 Å². The number of halogens is 1. The van der Waals surface area contributed by atoms with Crippen molar-refractivity contribution in [3.8, 4) is 0 Å². The summed E-state index contributed by atoms with van der Waals surface area (Å²) in [6.07, 6.45) is -0.328. The molecule has 2 N–H and O–H groups in total. The lowest BCUT2D eigenvalue weighted by molar-refractivity contribution is -0.0506. The van der Waals surface area contributed by atoms with E-state index in [2.05, 4.69) is 0 Å². The zero-order chi connectivity index (χ0) is 13.5. The number of aliphatic hydroxyl groups is 1. The van der Waals surface area contributed by atoms with Gasteiger partial charge in [-0.15, -0.1) is 0 Å². The van der Waals surface area contributed by atoms with Crippen LogP contribution in [0.4, 0.5) is 4.39 Å². The zero-order valence-electron chi connectivity index (χ0n) is 9.30. The molecule has 92 valence electrons. The Labute approximate surface area is 104 Å². The fourth-order valence-electron chi connectivity index (χ4n) is 1.84. The van der Waals surface area contributed by atoms with Gasteiger partial charge in [-0.3, -0.25) is 14.3 Å². The molecule has 1 saturated heterocycles. The lowest BCUT2D eigenvalue weighted by Crippen LogP contribution is -2.43. The highest BCUT2D eigenvalue weighted by Crippen LogP contribution is 2.30. The van der Waals surface area contributed by atoms with E-state index in [-0.39, 0.29) is 0 Å². The highest BCUT2D eigenvalue weighted by Gasteiger charge is 2.35. The van der Waals surface area contributed by atoms with Crippen LogP contribution in [0.5, 0.6) is 0 Å². The van der Waals surface area contributed by atoms with Crippen molar-refractivity contribution in [3.05, 3.63) is 32.9 Å². The van der Waals surface area contributed by atoms with Gasteiger partial charge in [0.05, 0.1) is 12.3 Å². The molecule has 0 aromatic carbocycles. The molecule has 6 nitrogen and oxygen atoms in total. The number of nitrogens with one attached hydrogen (secondary N) is 1. The van der Waals surface area contributed by atoms with Crippen molar-refractivity contribution in [1.82, 2.24) is 9.55 Å². The predicted octanol–water partition coefficient (Wildman–Crippen LogP) is -1.66. The van der Waals surface area contributed by atoms with Gasteiger partial charge in [0.1, 0.15) is 21.9 Å². The number of H-pyrrole nitrogens is 1. The third kappa shape index (κ3) is 2.41. The maximum absolute atomic E-state index is 13.1. The lowest BCUT2D eigenvalue weighted by atomic mass is 9.61. The molecule has 2 heterocycles.